The van der Waals surface area contributed by atoms with E-state index in [1.807, 2.05) is 6.92 Å². The molecule has 7 nitrogen and oxygen atoms in total. The molecular weight excluding hydrogens is 380 g/mol. The van der Waals surface area contributed by atoms with Crippen LogP contribution in [0.2, 0.25) is 0 Å². The third-order valence-corrected chi connectivity index (χ3v) is 4.94. The van der Waals surface area contributed by atoms with Gasteiger partial charge in [0.1, 0.15) is 11.6 Å². The van der Waals surface area contributed by atoms with Gasteiger partial charge in [0, 0.05) is 65.4 Å². The molecule has 0 bridgehead atoms. The molecule has 29 heavy (non-hydrogen) atoms. The van der Waals surface area contributed by atoms with E-state index in [0.717, 1.165) is 38.2 Å². The number of aliphatic imine (C=N–C) groups is 1. The third kappa shape index (κ3) is 7.25. The first-order valence-corrected chi connectivity index (χ1v) is 9.83. The van der Waals surface area contributed by atoms with Crippen molar-refractivity contribution in [3.63, 3.8) is 0 Å². The summed E-state index contributed by atoms with van der Waals surface area (Å²) in [6.45, 7) is 6.73. The van der Waals surface area contributed by atoms with Crippen LogP contribution in [0.1, 0.15) is 18.4 Å². The zero-order chi connectivity index (χ0) is 21.2. The first-order chi connectivity index (χ1) is 13.9. The molecule has 0 aromatic heterocycles. The van der Waals surface area contributed by atoms with Crippen LogP contribution >= 0.6 is 0 Å². The zero-order valence-corrected chi connectivity index (χ0v) is 17.4. The Bertz CT molecular complexity index is 693. The molecule has 2 rings (SSSR count). The van der Waals surface area contributed by atoms with Crippen LogP contribution in [0.25, 0.3) is 0 Å². The van der Waals surface area contributed by atoms with Gasteiger partial charge in [0.15, 0.2) is 5.96 Å². The van der Waals surface area contributed by atoms with Crippen molar-refractivity contribution in [3.05, 3.63) is 35.4 Å². The van der Waals surface area contributed by atoms with Gasteiger partial charge in [-0.1, -0.05) is 13.0 Å². The van der Waals surface area contributed by atoms with Crippen LogP contribution in [0.5, 0.6) is 0 Å². The normalized spacial score (nSPS) is 16.6. The predicted octanol–water partition coefficient (Wildman–Crippen LogP) is 1.02. The number of ether oxygens (including phenoxy) is 1. The highest BCUT2D eigenvalue weighted by atomic mass is 19.1. The van der Waals surface area contributed by atoms with Gasteiger partial charge in [-0.3, -0.25) is 14.7 Å². The molecule has 0 saturated carbocycles. The van der Waals surface area contributed by atoms with Crippen LogP contribution in [0, 0.1) is 11.6 Å². The van der Waals surface area contributed by atoms with Crippen molar-refractivity contribution in [1.29, 1.82) is 0 Å². The van der Waals surface area contributed by atoms with Crippen LogP contribution in [-0.4, -0.2) is 88.2 Å². The van der Waals surface area contributed by atoms with E-state index in [9.17, 15) is 13.6 Å². The second-order valence-corrected chi connectivity index (χ2v) is 7.10. The number of piperazine rings is 1. The molecule has 0 radical (unpaired) electrons. The quantitative estimate of drug-likeness (QED) is 0.380. The van der Waals surface area contributed by atoms with Crippen LogP contribution in [0.3, 0.4) is 0 Å². The molecular formula is C20H31F2N5O2. The summed E-state index contributed by atoms with van der Waals surface area (Å²) in [4.78, 5) is 20.4. The van der Waals surface area contributed by atoms with Crippen molar-refractivity contribution in [2.24, 2.45) is 4.99 Å². The summed E-state index contributed by atoms with van der Waals surface area (Å²) in [5.41, 5.74) is 0.471. The second-order valence-electron chi connectivity index (χ2n) is 7.10. The minimum absolute atomic E-state index is 0.00634. The molecule has 1 amide bonds. The molecule has 2 N–H and O–H groups in total. The lowest BCUT2D eigenvalue weighted by Gasteiger charge is -2.36. The molecule has 1 aliphatic rings. The van der Waals surface area contributed by atoms with E-state index < -0.39 is 11.6 Å². The maximum Gasteiger partial charge on any atom is 0.234 e. The molecule has 1 atom stereocenters. The second kappa shape index (κ2) is 11.7. The van der Waals surface area contributed by atoms with Crippen LogP contribution in [0.15, 0.2) is 23.2 Å². The van der Waals surface area contributed by atoms with Crippen molar-refractivity contribution in [2.45, 2.75) is 12.8 Å². The van der Waals surface area contributed by atoms with Gasteiger partial charge in [-0.05, 0) is 11.6 Å². The number of guanidine groups is 1. The molecule has 1 fully saturated rings. The van der Waals surface area contributed by atoms with E-state index >= 15 is 0 Å². The molecule has 1 aliphatic heterocycles. The number of halogens is 2. The highest BCUT2D eigenvalue weighted by Crippen LogP contribution is 2.19. The van der Waals surface area contributed by atoms with Crippen LogP contribution < -0.4 is 10.6 Å². The molecule has 0 spiro atoms. The van der Waals surface area contributed by atoms with E-state index in [1.165, 1.54) is 12.1 Å². The number of amides is 1. The van der Waals surface area contributed by atoms with Crippen molar-refractivity contribution < 1.29 is 18.3 Å². The Morgan fingerprint density at radius 3 is 2.59 bits per heavy atom. The number of hydrogen-bond acceptors (Lipinski definition) is 4. The van der Waals surface area contributed by atoms with Gasteiger partial charge >= 0.3 is 0 Å². The number of hydrogen-bond donors (Lipinski definition) is 2. The Hall–Kier alpha value is -2.26. The SMILES string of the molecule is CN=C(NCC(C)c1ccc(F)cc1F)N1CCN(CC(=O)NCCOC)CC1. The molecule has 9 heteroatoms. The highest BCUT2D eigenvalue weighted by molar-refractivity contribution is 5.80. The number of carbonyl (C=O) groups is 1. The maximum absolute atomic E-state index is 14.0. The summed E-state index contributed by atoms with van der Waals surface area (Å²) in [5, 5.41) is 6.10. The summed E-state index contributed by atoms with van der Waals surface area (Å²) in [6, 6.07) is 3.66. The molecule has 1 aromatic rings. The summed E-state index contributed by atoms with van der Waals surface area (Å²) >= 11 is 0. The molecule has 1 saturated heterocycles. The topological polar surface area (TPSA) is 69.2 Å². The summed E-state index contributed by atoms with van der Waals surface area (Å²) in [6.07, 6.45) is 0. The zero-order valence-electron chi connectivity index (χ0n) is 17.4. The largest absolute Gasteiger partial charge is 0.383 e. The molecule has 0 aliphatic carbocycles. The number of benzene rings is 1. The van der Waals surface area contributed by atoms with E-state index in [-0.39, 0.29) is 11.8 Å². The summed E-state index contributed by atoms with van der Waals surface area (Å²) in [7, 11) is 3.31. The van der Waals surface area contributed by atoms with Gasteiger partial charge < -0.3 is 20.3 Å². The average molecular weight is 411 g/mol. The lowest BCUT2D eigenvalue weighted by molar-refractivity contribution is -0.122. The van der Waals surface area contributed by atoms with E-state index in [1.54, 1.807) is 14.2 Å². The van der Waals surface area contributed by atoms with Crippen LogP contribution in [-0.2, 0) is 9.53 Å². The number of nitrogens with zero attached hydrogens (tertiary/aromatic N) is 3. The summed E-state index contributed by atoms with van der Waals surface area (Å²) < 4.78 is 32.0. The van der Waals surface area contributed by atoms with Gasteiger partial charge in [0.25, 0.3) is 0 Å². The number of carbonyl (C=O) groups excluding carboxylic acids is 1. The van der Waals surface area contributed by atoms with Gasteiger partial charge in [-0.25, -0.2) is 8.78 Å². The predicted molar refractivity (Wildman–Crippen MR) is 109 cm³/mol. The van der Waals surface area contributed by atoms with Gasteiger partial charge in [-0.15, -0.1) is 0 Å². The van der Waals surface area contributed by atoms with E-state index in [0.29, 0.717) is 31.8 Å². The molecule has 1 heterocycles. The van der Waals surface area contributed by atoms with E-state index in [4.69, 9.17) is 4.74 Å². The van der Waals surface area contributed by atoms with Crippen LogP contribution in [0.4, 0.5) is 8.78 Å². The Morgan fingerprint density at radius 1 is 1.24 bits per heavy atom. The Labute approximate surface area is 171 Å². The van der Waals surface area contributed by atoms with Crippen molar-refractivity contribution in [2.75, 3.05) is 66.6 Å². The Morgan fingerprint density at radius 2 is 1.97 bits per heavy atom. The average Bonchev–Trinajstić information content (AvgIpc) is 2.69. The van der Waals surface area contributed by atoms with Crippen molar-refractivity contribution in [1.82, 2.24) is 20.4 Å². The van der Waals surface area contributed by atoms with Crippen molar-refractivity contribution >= 4 is 11.9 Å². The standard InChI is InChI=1S/C20H31F2N5O2/c1-15(17-5-4-16(21)12-18(17)22)13-25-20(23-2)27-9-7-26(8-10-27)14-19(28)24-6-11-29-3/h4-5,12,15H,6-11,13-14H2,1-3H3,(H,23,25)(H,24,28). The fourth-order valence-corrected chi connectivity index (χ4v) is 3.26. The van der Waals surface area contributed by atoms with E-state index in [2.05, 4.69) is 25.4 Å². The lowest BCUT2D eigenvalue weighted by Crippen LogP contribution is -2.54. The fourth-order valence-electron chi connectivity index (χ4n) is 3.26. The smallest absolute Gasteiger partial charge is 0.234 e. The monoisotopic (exact) mass is 411 g/mol. The molecule has 1 aromatic carbocycles. The minimum Gasteiger partial charge on any atom is -0.383 e. The molecule has 162 valence electrons. The Kier molecular flexibility index (Phi) is 9.27. The number of nitrogens with one attached hydrogen (secondary N) is 2. The third-order valence-electron chi connectivity index (χ3n) is 4.94. The Balaban J connectivity index is 1.77. The highest BCUT2D eigenvalue weighted by Gasteiger charge is 2.21. The van der Waals surface area contributed by atoms with Gasteiger partial charge in [0.05, 0.1) is 13.2 Å². The lowest BCUT2D eigenvalue weighted by atomic mass is 10.0. The van der Waals surface area contributed by atoms with Crippen molar-refractivity contribution in [3.8, 4) is 0 Å². The minimum atomic E-state index is -0.576. The summed E-state index contributed by atoms with van der Waals surface area (Å²) in [5.74, 6) is -0.514. The number of rotatable bonds is 8. The maximum atomic E-state index is 14.0. The van der Waals surface area contributed by atoms with Gasteiger partial charge in [0.2, 0.25) is 5.91 Å². The number of methoxy groups -OCH3 is 1. The van der Waals surface area contributed by atoms with Gasteiger partial charge in [-0.2, -0.15) is 0 Å². The first kappa shape index (κ1) is 23.0. The molecule has 1 unspecified atom stereocenters. The fraction of sp³-hybridized carbons (Fsp3) is 0.600. The first-order valence-electron chi connectivity index (χ1n) is 9.83.